The van der Waals surface area contributed by atoms with Crippen molar-refractivity contribution in [2.24, 2.45) is 0 Å². The zero-order chi connectivity index (χ0) is 17.8. The summed E-state index contributed by atoms with van der Waals surface area (Å²) < 4.78 is 18.8. The van der Waals surface area contributed by atoms with E-state index in [2.05, 4.69) is 4.90 Å². The number of carboxylic acid groups (broad SMARTS) is 1. The smallest absolute Gasteiger partial charge is 0.335 e. The molecular formula is C19H20FNO4. The van der Waals surface area contributed by atoms with Gasteiger partial charge in [-0.2, -0.15) is 0 Å². The van der Waals surface area contributed by atoms with Crippen molar-refractivity contribution in [3.63, 3.8) is 0 Å². The first-order chi connectivity index (χ1) is 12.0. The van der Waals surface area contributed by atoms with E-state index in [0.29, 0.717) is 18.8 Å². The van der Waals surface area contributed by atoms with Crippen LogP contribution in [0.1, 0.15) is 21.5 Å². The first-order valence-corrected chi connectivity index (χ1v) is 8.15. The highest BCUT2D eigenvalue weighted by molar-refractivity contribution is 5.87. The van der Waals surface area contributed by atoms with Gasteiger partial charge in [0.1, 0.15) is 24.3 Å². The minimum Gasteiger partial charge on any atom is -0.491 e. The molecule has 0 saturated heterocycles. The number of benzene rings is 2. The monoisotopic (exact) mass is 345 g/mol. The summed E-state index contributed by atoms with van der Waals surface area (Å²) in [7, 11) is 0. The lowest BCUT2D eigenvalue weighted by atomic mass is 9.99. The molecular weight excluding hydrogens is 325 g/mol. The topological polar surface area (TPSA) is 70.0 Å². The SMILES string of the molecule is O=C(O)c1ccc(OCC(O)CN2CCc3ccc(F)cc3C2)cc1. The van der Waals surface area contributed by atoms with E-state index in [4.69, 9.17) is 9.84 Å². The molecule has 0 radical (unpaired) electrons. The minimum atomic E-state index is -0.992. The Morgan fingerprint density at radius 3 is 2.68 bits per heavy atom. The molecule has 1 aliphatic rings. The second-order valence-electron chi connectivity index (χ2n) is 6.19. The third kappa shape index (κ3) is 4.55. The van der Waals surface area contributed by atoms with Gasteiger partial charge in [-0.3, -0.25) is 4.90 Å². The van der Waals surface area contributed by atoms with Gasteiger partial charge in [0.15, 0.2) is 0 Å². The number of nitrogens with zero attached hydrogens (tertiary/aromatic N) is 1. The van der Waals surface area contributed by atoms with E-state index < -0.39 is 12.1 Å². The van der Waals surface area contributed by atoms with Gasteiger partial charge < -0.3 is 14.9 Å². The number of aliphatic hydroxyl groups is 1. The number of β-amino-alcohol motifs (C(OH)–C–C–N with tert-alkyl or cyclic N) is 1. The zero-order valence-electron chi connectivity index (χ0n) is 13.7. The predicted molar refractivity (Wildman–Crippen MR) is 90.3 cm³/mol. The molecule has 3 rings (SSSR count). The van der Waals surface area contributed by atoms with Crippen molar-refractivity contribution >= 4 is 5.97 Å². The first kappa shape index (κ1) is 17.4. The van der Waals surface area contributed by atoms with Gasteiger partial charge >= 0.3 is 5.97 Å². The van der Waals surface area contributed by atoms with Crippen LogP contribution in [0.15, 0.2) is 42.5 Å². The highest BCUT2D eigenvalue weighted by Gasteiger charge is 2.19. The molecule has 0 aliphatic carbocycles. The maximum absolute atomic E-state index is 13.3. The molecule has 0 bridgehead atoms. The molecule has 0 saturated carbocycles. The molecule has 2 N–H and O–H groups in total. The second kappa shape index (κ2) is 7.63. The fourth-order valence-electron chi connectivity index (χ4n) is 2.98. The van der Waals surface area contributed by atoms with Crippen LogP contribution in [0, 0.1) is 5.82 Å². The molecule has 0 fully saturated rings. The lowest BCUT2D eigenvalue weighted by Crippen LogP contribution is -2.38. The van der Waals surface area contributed by atoms with Crippen molar-refractivity contribution in [3.05, 3.63) is 65.0 Å². The second-order valence-corrected chi connectivity index (χ2v) is 6.19. The van der Waals surface area contributed by atoms with Crippen LogP contribution in [0.3, 0.4) is 0 Å². The van der Waals surface area contributed by atoms with Crippen molar-refractivity contribution in [3.8, 4) is 5.75 Å². The number of hydrogen-bond donors (Lipinski definition) is 2. The highest BCUT2D eigenvalue weighted by Crippen LogP contribution is 2.20. The fourth-order valence-corrected chi connectivity index (χ4v) is 2.98. The summed E-state index contributed by atoms with van der Waals surface area (Å²) in [6.45, 7) is 1.96. The van der Waals surface area contributed by atoms with Gasteiger partial charge in [-0.1, -0.05) is 6.07 Å². The molecule has 25 heavy (non-hydrogen) atoms. The molecule has 1 atom stereocenters. The summed E-state index contributed by atoms with van der Waals surface area (Å²) in [6.07, 6.45) is 0.147. The summed E-state index contributed by atoms with van der Waals surface area (Å²) in [5, 5.41) is 19.0. The van der Waals surface area contributed by atoms with E-state index in [1.54, 1.807) is 18.2 Å². The predicted octanol–water partition coefficient (Wildman–Crippen LogP) is 2.32. The first-order valence-electron chi connectivity index (χ1n) is 8.15. The van der Waals surface area contributed by atoms with E-state index in [9.17, 15) is 14.3 Å². The Kier molecular flexibility index (Phi) is 5.31. The Bertz CT molecular complexity index is 748. The number of hydrogen-bond acceptors (Lipinski definition) is 4. The Morgan fingerprint density at radius 2 is 1.96 bits per heavy atom. The van der Waals surface area contributed by atoms with Crippen molar-refractivity contribution in [2.75, 3.05) is 19.7 Å². The molecule has 1 unspecified atom stereocenters. The van der Waals surface area contributed by atoms with E-state index >= 15 is 0 Å². The van der Waals surface area contributed by atoms with Gasteiger partial charge in [0.2, 0.25) is 0 Å². The molecule has 5 nitrogen and oxygen atoms in total. The zero-order valence-corrected chi connectivity index (χ0v) is 13.7. The summed E-state index contributed by atoms with van der Waals surface area (Å²) in [6, 6.07) is 10.9. The third-order valence-corrected chi connectivity index (χ3v) is 4.27. The normalized spacial score (nSPS) is 15.4. The summed E-state index contributed by atoms with van der Waals surface area (Å²) in [4.78, 5) is 12.9. The number of halogens is 1. The summed E-state index contributed by atoms with van der Waals surface area (Å²) in [5.41, 5.74) is 2.30. The van der Waals surface area contributed by atoms with Crippen LogP contribution >= 0.6 is 0 Å². The Hall–Kier alpha value is -2.44. The molecule has 1 heterocycles. The van der Waals surface area contributed by atoms with Gasteiger partial charge in [0, 0.05) is 19.6 Å². The van der Waals surface area contributed by atoms with Crippen LogP contribution < -0.4 is 4.74 Å². The molecule has 132 valence electrons. The van der Waals surface area contributed by atoms with E-state index in [-0.39, 0.29) is 18.0 Å². The van der Waals surface area contributed by atoms with Crippen molar-refractivity contribution in [1.29, 1.82) is 0 Å². The highest BCUT2D eigenvalue weighted by atomic mass is 19.1. The van der Waals surface area contributed by atoms with Crippen LogP contribution in [0.25, 0.3) is 0 Å². The van der Waals surface area contributed by atoms with Crippen molar-refractivity contribution in [2.45, 2.75) is 19.1 Å². The largest absolute Gasteiger partial charge is 0.491 e. The van der Waals surface area contributed by atoms with Crippen LogP contribution in [0.5, 0.6) is 5.75 Å². The molecule has 0 aromatic heterocycles. The Morgan fingerprint density at radius 1 is 1.20 bits per heavy atom. The standard InChI is InChI=1S/C19H20FNO4/c20-16-4-1-13-7-8-21(10-15(13)9-16)11-17(22)12-25-18-5-2-14(3-6-18)19(23)24/h1-6,9,17,22H,7-8,10-12H2,(H,23,24). The average molecular weight is 345 g/mol. The summed E-state index contributed by atoms with van der Waals surface area (Å²) in [5.74, 6) is -0.724. The Labute approximate surface area is 145 Å². The van der Waals surface area contributed by atoms with Crippen molar-refractivity contribution in [1.82, 2.24) is 4.90 Å². The van der Waals surface area contributed by atoms with Crippen LogP contribution in [0.2, 0.25) is 0 Å². The molecule has 0 amide bonds. The van der Waals surface area contributed by atoms with E-state index in [1.165, 1.54) is 18.2 Å². The maximum Gasteiger partial charge on any atom is 0.335 e. The number of ether oxygens (including phenoxy) is 1. The Balaban J connectivity index is 1.49. The lowest BCUT2D eigenvalue weighted by molar-refractivity contribution is 0.0635. The molecule has 0 spiro atoms. The van der Waals surface area contributed by atoms with Crippen LogP contribution in [-0.2, 0) is 13.0 Å². The third-order valence-electron chi connectivity index (χ3n) is 4.27. The van der Waals surface area contributed by atoms with Gasteiger partial charge in [-0.05, 0) is 53.9 Å². The number of carbonyl (C=O) groups is 1. The molecule has 6 heteroatoms. The number of carboxylic acids is 1. The molecule has 2 aromatic rings. The van der Waals surface area contributed by atoms with Crippen LogP contribution in [0.4, 0.5) is 4.39 Å². The van der Waals surface area contributed by atoms with Crippen molar-refractivity contribution < 1.29 is 24.1 Å². The fraction of sp³-hybridized carbons (Fsp3) is 0.316. The minimum absolute atomic E-state index is 0.110. The number of aliphatic hydroxyl groups excluding tert-OH is 1. The number of aromatic carboxylic acids is 1. The number of fused-ring (bicyclic) bond motifs is 1. The quantitative estimate of drug-likeness (QED) is 0.841. The average Bonchev–Trinajstić information content (AvgIpc) is 2.60. The lowest BCUT2D eigenvalue weighted by Gasteiger charge is -2.30. The van der Waals surface area contributed by atoms with Gasteiger partial charge in [0.05, 0.1) is 5.56 Å². The maximum atomic E-state index is 13.3. The molecule has 2 aromatic carbocycles. The van der Waals surface area contributed by atoms with Gasteiger partial charge in [0.25, 0.3) is 0 Å². The summed E-state index contributed by atoms with van der Waals surface area (Å²) >= 11 is 0. The van der Waals surface area contributed by atoms with E-state index in [1.807, 2.05) is 6.07 Å². The van der Waals surface area contributed by atoms with Crippen LogP contribution in [-0.4, -0.2) is 46.9 Å². The van der Waals surface area contributed by atoms with E-state index in [0.717, 1.165) is 24.1 Å². The van der Waals surface area contributed by atoms with Gasteiger partial charge in [-0.15, -0.1) is 0 Å². The number of rotatable bonds is 6. The molecule has 1 aliphatic heterocycles. The van der Waals surface area contributed by atoms with Gasteiger partial charge in [-0.25, -0.2) is 9.18 Å².